The number of carbonyl (C=O) groups is 1. The molecule has 1 aromatic heterocycles. The van der Waals surface area contributed by atoms with Crippen LogP contribution in [0.25, 0.3) is 10.8 Å². The van der Waals surface area contributed by atoms with Crippen molar-refractivity contribution < 1.29 is 4.79 Å². The van der Waals surface area contributed by atoms with Crippen LogP contribution in [0, 0.1) is 40.9 Å². The Labute approximate surface area is 194 Å². The van der Waals surface area contributed by atoms with Crippen LogP contribution in [0.15, 0.2) is 36.5 Å². The van der Waals surface area contributed by atoms with Gasteiger partial charge in [0.2, 0.25) is 0 Å². The van der Waals surface area contributed by atoms with E-state index in [1.54, 1.807) is 0 Å². The molecule has 172 valence electrons. The van der Waals surface area contributed by atoms with Gasteiger partial charge in [-0.15, -0.1) is 0 Å². The standard InChI is InChI=1S/C30H41NO/c1-4-8-22-20(5-2)11-12-25-24(22)15-17-30(3)26(25)13-14-27(30)29(32)19-28-23-10-7-6-9-21(23)16-18-31-28/h6-7,9-10,16,18,20,22,24-27H,4-5,8,11-15,17,19H2,1-3H3. The normalized spacial score (nSPS) is 36.6. The number of benzene rings is 1. The van der Waals surface area contributed by atoms with Gasteiger partial charge in [0, 0.05) is 23.9 Å². The second-order valence-corrected chi connectivity index (χ2v) is 11.4. The summed E-state index contributed by atoms with van der Waals surface area (Å²) in [7, 11) is 0. The number of aromatic nitrogens is 1. The SMILES string of the molecule is CCCC1C(CC)CCC2C1CCC1(C)C(C(=O)Cc3nccc4ccccc34)CCC21. The predicted octanol–water partition coefficient (Wildman–Crippen LogP) is 7.64. The second-order valence-electron chi connectivity index (χ2n) is 11.4. The Morgan fingerprint density at radius 3 is 2.69 bits per heavy atom. The van der Waals surface area contributed by atoms with E-state index in [0.717, 1.165) is 47.1 Å². The lowest BCUT2D eigenvalue weighted by molar-refractivity contribution is -0.129. The molecule has 7 unspecified atom stereocenters. The molecule has 0 radical (unpaired) electrons. The summed E-state index contributed by atoms with van der Waals surface area (Å²) in [4.78, 5) is 18.3. The van der Waals surface area contributed by atoms with E-state index in [2.05, 4.69) is 56.1 Å². The van der Waals surface area contributed by atoms with Gasteiger partial charge < -0.3 is 0 Å². The number of Topliss-reactive ketones (excluding diaryl/α,β-unsaturated/α-hetero) is 1. The smallest absolute Gasteiger partial charge is 0.142 e. The zero-order chi connectivity index (χ0) is 22.3. The number of hydrogen-bond donors (Lipinski definition) is 0. The van der Waals surface area contributed by atoms with Gasteiger partial charge >= 0.3 is 0 Å². The number of pyridine rings is 1. The molecule has 3 aliphatic carbocycles. The van der Waals surface area contributed by atoms with Crippen LogP contribution in [0.5, 0.6) is 0 Å². The molecule has 0 aliphatic heterocycles. The number of ketones is 1. The molecule has 1 heterocycles. The Hall–Kier alpha value is -1.70. The Morgan fingerprint density at radius 2 is 1.88 bits per heavy atom. The van der Waals surface area contributed by atoms with Crippen LogP contribution >= 0.6 is 0 Å². The zero-order valence-electron chi connectivity index (χ0n) is 20.4. The zero-order valence-corrected chi connectivity index (χ0v) is 20.4. The Kier molecular flexibility index (Phi) is 6.16. The third kappa shape index (κ3) is 3.62. The molecule has 32 heavy (non-hydrogen) atoms. The minimum Gasteiger partial charge on any atom is -0.299 e. The summed E-state index contributed by atoms with van der Waals surface area (Å²) in [5.74, 6) is 5.09. The van der Waals surface area contributed by atoms with Gasteiger partial charge in [0.05, 0.1) is 5.69 Å². The maximum Gasteiger partial charge on any atom is 0.142 e. The highest BCUT2D eigenvalue weighted by atomic mass is 16.1. The van der Waals surface area contributed by atoms with Crippen LogP contribution in [0.1, 0.15) is 84.3 Å². The molecule has 2 aromatic rings. The fourth-order valence-electron chi connectivity index (χ4n) is 8.66. The number of fused-ring (bicyclic) bond motifs is 4. The van der Waals surface area contributed by atoms with Crippen molar-refractivity contribution in [2.45, 2.75) is 85.0 Å². The van der Waals surface area contributed by atoms with Crippen molar-refractivity contribution in [3.63, 3.8) is 0 Å². The third-order valence-electron chi connectivity index (χ3n) is 10.2. The van der Waals surface area contributed by atoms with Crippen molar-refractivity contribution in [2.24, 2.45) is 40.9 Å². The molecule has 0 N–H and O–H groups in total. The minimum absolute atomic E-state index is 0.207. The second kappa shape index (κ2) is 8.92. The van der Waals surface area contributed by atoms with E-state index in [1.807, 2.05) is 6.20 Å². The van der Waals surface area contributed by atoms with Crippen molar-refractivity contribution in [1.29, 1.82) is 0 Å². The largest absolute Gasteiger partial charge is 0.299 e. The molecule has 0 saturated heterocycles. The minimum atomic E-state index is 0.207. The lowest BCUT2D eigenvalue weighted by Gasteiger charge is -2.54. The van der Waals surface area contributed by atoms with E-state index in [9.17, 15) is 4.79 Å². The maximum absolute atomic E-state index is 13.7. The Balaban J connectivity index is 1.36. The summed E-state index contributed by atoms with van der Waals surface area (Å²) in [5, 5.41) is 2.34. The highest BCUT2D eigenvalue weighted by Gasteiger charge is 2.57. The highest BCUT2D eigenvalue weighted by Crippen LogP contribution is 2.63. The molecule has 0 spiro atoms. The van der Waals surface area contributed by atoms with Crippen LogP contribution in [0.2, 0.25) is 0 Å². The molecular formula is C30H41NO. The summed E-state index contributed by atoms with van der Waals surface area (Å²) < 4.78 is 0. The third-order valence-corrected chi connectivity index (χ3v) is 10.2. The Bertz CT molecular complexity index is 961. The summed E-state index contributed by atoms with van der Waals surface area (Å²) >= 11 is 0. The van der Waals surface area contributed by atoms with E-state index >= 15 is 0 Å². The van der Waals surface area contributed by atoms with Gasteiger partial charge in [0.1, 0.15) is 5.78 Å². The van der Waals surface area contributed by atoms with Crippen LogP contribution in [0.4, 0.5) is 0 Å². The molecular weight excluding hydrogens is 390 g/mol. The van der Waals surface area contributed by atoms with Gasteiger partial charge in [-0.2, -0.15) is 0 Å². The summed E-state index contributed by atoms with van der Waals surface area (Å²) in [6.45, 7) is 7.27. The Morgan fingerprint density at radius 1 is 1.03 bits per heavy atom. The fourth-order valence-corrected chi connectivity index (χ4v) is 8.66. The number of carbonyl (C=O) groups excluding carboxylic acids is 1. The molecule has 2 heteroatoms. The summed E-state index contributed by atoms with van der Waals surface area (Å²) in [5.41, 5.74) is 1.18. The van der Waals surface area contributed by atoms with Crippen molar-refractivity contribution in [3.05, 3.63) is 42.2 Å². The highest BCUT2D eigenvalue weighted by molar-refractivity contribution is 5.91. The van der Waals surface area contributed by atoms with Gasteiger partial charge in [-0.25, -0.2) is 0 Å². The predicted molar refractivity (Wildman–Crippen MR) is 132 cm³/mol. The lowest BCUT2D eigenvalue weighted by atomic mass is 9.50. The van der Waals surface area contributed by atoms with Crippen LogP contribution in [0.3, 0.4) is 0 Å². The quantitative estimate of drug-likeness (QED) is 0.470. The molecule has 0 amide bonds. The van der Waals surface area contributed by atoms with Gasteiger partial charge in [-0.1, -0.05) is 64.3 Å². The van der Waals surface area contributed by atoms with Crippen LogP contribution < -0.4 is 0 Å². The van der Waals surface area contributed by atoms with Gasteiger partial charge in [0.15, 0.2) is 0 Å². The first kappa shape index (κ1) is 22.1. The molecule has 7 atom stereocenters. The van der Waals surface area contributed by atoms with Crippen molar-refractivity contribution in [2.75, 3.05) is 0 Å². The average molecular weight is 432 g/mol. The molecule has 3 saturated carbocycles. The van der Waals surface area contributed by atoms with Gasteiger partial charge in [0.25, 0.3) is 0 Å². The van der Waals surface area contributed by atoms with Crippen LogP contribution in [-0.2, 0) is 11.2 Å². The first-order valence-electron chi connectivity index (χ1n) is 13.4. The van der Waals surface area contributed by atoms with E-state index in [1.165, 1.54) is 56.8 Å². The topological polar surface area (TPSA) is 30.0 Å². The number of hydrogen-bond acceptors (Lipinski definition) is 2. The van der Waals surface area contributed by atoms with E-state index < -0.39 is 0 Å². The first-order chi connectivity index (χ1) is 15.6. The van der Waals surface area contributed by atoms with Crippen LogP contribution in [-0.4, -0.2) is 10.8 Å². The van der Waals surface area contributed by atoms with E-state index in [-0.39, 0.29) is 11.3 Å². The molecule has 5 rings (SSSR count). The molecule has 2 nitrogen and oxygen atoms in total. The first-order valence-corrected chi connectivity index (χ1v) is 13.4. The van der Waals surface area contributed by atoms with Crippen molar-refractivity contribution in [3.8, 4) is 0 Å². The van der Waals surface area contributed by atoms with Crippen molar-refractivity contribution in [1.82, 2.24) is 4.98 Å². The molecule has 3 fully saturated rings. The summed E-state index contributed by atoms with van der Waals surface area (Å²) in [6.07, 6.45) is 14.3. The summed E-state index contributed by atoms with van der Waals surface area (Å²) in [6, 6.07) is 10.4. The van der Waals surface area contributed by atoms with E-state index in [0.29, 0.717) is 12.2 Å². The molecule has 3 aliphatic rings. The fraction of sp³-hybridized carbons (Fsp3) is 0.667. The number of rotatable bonds is 6. The van der Waals surface area contributed by atoms with E-state index in [4.69, 9.17) is 0 Å². The maximum atomic E-state index is 13.7. The molecule has 1 aromatic carbocycles. The van der Waals surface area contributed by atoms with Gasteiger partial charge in [-0.05, 0) is 85.0 Å². The van der Waals surface area contributed by atoms with Gasteiger partial charge in [-0.3, -0.25) is 9.78 Å². The number of nitrogens with zero attached hydrogens (tertiary/aromatic N) is 1. The average Bonchev–Trinajstić information content (AvgIpc) is 3.17. The lowest BCUT2D eigenvalue weighted by Crippen LogP contribution is -2.48. The monoisotopic (exact) mass is 431 g/mol. The molecule has 0 bridgehead atoms. The van der Waals surface area contributed by atoms with Crippen molar-refractivity contribution >= 4 is 16.6 Å².